The van der Waals surface area contributed by atoms with Crippen LogP contribution in [-0.4, -0.2) is 45.7 Å². The SMILES string of the molecule is COC(=O)CSc1nnc(-c2cccnc2)n1-c1cccc(OC)c1. The van der Waals surface area contributed by atoms with Crippen molar-refractivity contribution >= 4 is 17.7 Å². The highest BCUT2D eigenvalue weighted by Crippen LogP contribution is 2.29. The summed E-state index contributed by atoms with van der Waals surface area (Å²) in [6.45, 7) is 0. The maximum Gasteiger partial charge on any atom is 0.316 e. The molecule has 3 aromatic rings. The van der Waals surface area contributed by atoms with Crippen LogP contribution < -0.4 is 4.74 Å². The Balaban J connectivity index is 2.07. The van der Waals surface area contributed by atoms with Gasteiger partial charge in [0.1, 0.15) is 5.75 Å². The molecular formula is C17H16N4O3S. The molecule has 0 N–H and O–H groups in total. The van der Waals surface area contributed by atoms with Gasteiger partial charge in [0.05, 0.1) is 25.7 Å². The van der Waals surface area contributed by atoms with Crippen molar-refractivity contribution in [3.05, 3.63) is 48.8 Å². The normalized spacial score (nSPS) is 10.5. The number of esters is 1. The highest BCUT2D eigenvalue weighted by Gasteiger charge is 2.18. The van der Waals surface area contributed by atoms with Gasteiger partial charge >= 0.3 is 5.97 Å². The molecule has 0 aliphatic heterocycles. The van der Waals surface area contributed by atoms with Crippen LogP contribution in [-0.2, 0) is 9.53 Å². The number of aromatic nitrogens is 4. The van der Waals surface area contributed by atoms with Crippen LogP contribution in [0.5, 0.6) is 5.75 Å². The maximum atomic E-state index is 11.5. The number of hydrogen-bond acceptors (Lipinski definition) is 7. The van der Waals surface area contributed by atoms with Gasteiger partial charge in [-0.1, -0.05) is 17.8 Å². The van der Waals surface area contributed by atoms with E-state index in [4.69, 9.17) is 9.47 Å². The summed E-state index contributed by atoms with van der Waals surface area (Å²) < 4.78 is 11.9. The second kappa shape index (κ2) is 7.80. The Morgan fingerprint density at radius 1 is 1.20 bits per heavy atom. The van der Waals surface area contributed by atoms with Crippen molar-refractivity contribution in [1.29, 1.82) is 0 Å². The summed E-state index contributed by atoms with van der Waals surface area (Å²) in [4.78, 5) is 15.6. The van der Waals surface area contributed by atoms with Gasteiger partial charge in [-0.25, -0.2) is 0 Å². The quantitative estimate of drug-likeness (QED) is 0.496. The monoisotopic (exact) mass is 356 g/mol. The highest BCUT2D eigenvalue weighted by atomic mass is 32.2. The van der Waals surface area contributed by atoms with Crippen molar-refractivity contribution in [2.45, 2.75) is 5.16 Å². The van der Waals surface area contributed by atoms with E-state index in [0.29, 0.717) is 16.7 Å². The molecule has 0 radical (unpaired) electrons. The number of nitrogens with zero attached hydrogens (tertiary/aromatic N) is 4. The number of benzene rings is 1. The van der Waals surface area contributed by atoms with Crippen LogP contribution in [0.3, 0.4) is 0 Å². The minimum atomic E-state index is -0.326. The first-order valence-electron chi connectivity index (χ1n) is 7.43. The van der Waals surface area contributed by atoms with E-state index >= 15 is 0 Å². The van der Waals surface area contributed by atoms with Gasteiger partial charge in [0.25, 0.3) is 0 Å². The van der Waals surface area contributed by atoms with E-state index in [2.05, 4.69) is 15.2 Å². The first kappa shape index (κ1) is 17.0. The van der Waals surface area contributed by atoms with Crippen LogP contribution in [0, 0.1) is 0 Å². The fourth-order valence-electron chi connectivity index (χ4n) is 2.21. The number of thioether (sulfide) groups is 1. The molecule has 8 heteroatoms. The predicted molar refractivity (Wildman–Crippen MR) is 93.9 cm³/mol. The molecule has 3 rings (SSSR count). The van der Waals surface area contributed by atoms with Crippen LogP contribution in [0.25, 0.3) is 17.1 Å². The molecule has 0 aliphatic rings. The molecule has 128 valence electrons. The molecule has 2 heterocycles. The Labute approximate surface area is 149 Å². The van der Waals surface area contributed by atoms with Gasteiger partial charge in [0, 0.05) is 24.0 Å². The number of carbonyl (C=O) groups excluding carboxylic acids is 1. The number of rotatable bonds is 6. The summed E-state index contributed by atoms with van der Waals surface area (Å²) in [5.74, 6) is 1.17. The lowest BCUT2D eigenvalue weighted by molar-refractivity contribution is -0.137. The van der Waals surface area contributed by atoms with Crippen molar-refractivity contribution in [2.24, 2.45) is 0 Å². The molecule has 0 saturated carbocycles. The van der Waals surface area contributed by atoms with Crippen molar-refractivity contribution in [3.8, 4) is 22.8 Å². The second-order valence-corrected chi connectivity index (χ2v) is 5.89. The largest absolute Gasteiger partial charge is 0.497 e. The van der Waals surface area contributed by atoms with Crippen molar-refractivity contribution in [2.75, 3.05) is 20.0 Å². The van der Waals surface area contributed by atoms with Gasteiger partial charge < -0.3 is 9.47 Å². The molecule has 0 unspecified atom stereocenters. The smallest absolute Gasteiger partial charge is 0.316 e. The lowest BCUT2D eigenvalue weighted by Crippen LogP contribution is -2.05. The van der Waals surface area contributed by atoms with Crippen LogP contribution in [0.15, 0.2) is 53.9 Å². The first-order valence-corrected chi connectivity index (χ1v) is 8.41. The Morgan fingerprint density at radius 3 is 2.80 bits per heavy atom. The molecule has 7 nitrogen and oxygen atoms in total. The number of hydrogen-bond donors (Lipinski definition) is 0. The van der Waals surface area contributed by atoms with Gasteiger partial charge in [0.15, 0.2) is 11.0 Å². The Hall–Kier alpha value is -2.87. The van der Waals surface area contributed by atoms with E-state index in [1.165, 1.54) is 18.9 Å². The van der Waals surface area contributed by atoms with E-state index in [0.717, 1.165) is 11.3 Å². The van der Waals surface area contributed by atoms with E-state index in [-0.39, 0.29) is 11.7 Å². The predicted octanol–water partition coefficient (Wildman–Crippen LogP) is 2.60. The topological polar surface area (TPSA) is 79.1 Å². The van der Waals surface area contributed by atoms with Gasteiger partial charge in [0.2, 0.25) is 0 Å². The summed E-state index contributed by atoms with van der Waals surface area (Å²) in [5.41, 5.74) is 1.65. The number of pyridine rings is 1. The molecule has 25 heavy (non-hydrogen) atoms. The first-order chi connectivity index (χ1) is 12.2. The van der Waals surface area contributed by atoms with Gasteiger partial charge in [-0.05, 0) is 24.3 Å². The fraction of sp³-hybridized carbons (Fsp3) is 0.176. The molecule has 0 fully saturated rings. The van der Waals surface area contributed by atoms with Gasteiger partial charge in [-0.15, -0.1) is 10.2 Å². The average Bonchev–Trinajstić information content (AvgIpc) is 3.10. The Morgan fingerprint density at radius 2 is 2.08 bits per heavy atom. The third-order valence-electron chi connectivity index (χ3n) is 3.41. The third kappa shape index (κ3) is 3.80. The van der Waals surface area contributed by atoms with Gasteiger partial charge in [-0.2, -0.15) is 0 Å². The molecule has 0 bridgehead atoms. The molecular weight excluding hydrogens is 340 g/mol. The summed E-state index contributed by atoms with van der Waals surface area (Å²) in [6.07, 6.45) is 3.41. The molecule has 1 aromatic carbocycles. The van der Waals surface area contributed by atoms with Crippen molar-refractivity contribution in [3.63, 3.8) is 0 Å². The summed E-state index contributed by atoms with van der Waals surface area (Å²) in [7, 11) is 2.97. The number of carbonyl (C=O) groups is 1. The molecule has 0 aliphatic carbocycles. The zero-order valence-electron chi connectivity index (χ0n) is 13.7. The fourth-order valence-corrected chi connectivity index (χ4v) is 2.99. The highest BCUT2D eigenvalue weighted by molar-refractivity contribution is 7.99. The third-order valence-corrected chi connectivity index (χ3v) is 4.31. The van der Waals surface area contributed by atoms with Crippen LogP contribution in [0.4, 0.5) is 0 Å². The standard InChI is InChI=1S/C17H16N4O3S/c1-23-14-7-3-6-13(9-14)21-16(12-5-4-8-18-10-12)19-20-17(21)25-11-15(22)24-2/h3-10H,11H2,1-2H3. The Kier molecular flexibility index (Phi) is 5.30. The lowest BCUT2D eigenvalue weighted by Gasteiger charge is -2.11. The Bertz CT molecular complexity index is 867. The minimum absolute atomic E-state index is 0.144. The van der Waals surface area contributed by atoms with E-state index in [9.17, 15) is 4.79 Å². The van der Waals surface area contributed by atoms with Crippen molar-refractivity contribution in [1.82, 2.24) is 19.7 Å². The lowest BCUT2D eigenvalue weighted by atomic mass is 10.2. The van der Waals surface area contributed by atoms with Gasteiger partial charge in [-0.3, -0.25) is 14.3 Å². The number of ether oxygens (including phenoxy) is 2. The van der Waals surface area contributed by atoms with Crippen LogP contribution >= 0.6 is 11.8 Å². The molecule has 0 saturated heterocycles. The molecule has 0 atom stereocenters. The summed E-state index contributed by atoms with van der Waals surface area (Å²) in [6, 6.07) is 11.3. The number of methoxy groups -OCH3 is 2. The minimum Gasteiger partial charge on any atom is -0.497 e. The zero-order valence-corrected chi connectivity index (χ0v) is 14.6. The molecule has 0 spiro atoms. The van der Waals surface area contributed by atoms with Crippen LogP contribution in [0.1, 0.15) is 0 Å². The summed E-state index contributed by atoms with van der Waals surface area (Å²) >= 11 is 1.26. The molecule has 0 amide bonds. The second-order valence-electron chi connectivity index (χ2n) is 4.95. The van der Waals surface area contributed by atoms with E-state index < -0.39 is 0 Å². The van der Waals surface area contributed by atoms with E-state index in [1.54, 1.807) is 19.5 Å². The van der Waals surface area contributed by atoms with Crippen LogP contribution in [0.2, 0.25) is 0 Å². The van der Waals surface area contributed by atoms with E-state index in [1.807, 2.05) is 41.0 Å². The molecule has 2 aromatic heterocycles. The average molecular weight is 356 g/mol. The zero-order chi connectivity index (χ0) is 17.6. The summed E-state index contributed by atoms with van der Waals surface area (Å²) in [5, 5.41) is 9.09. The maximum absolute atomic E-state index is 11.5. The van der Waals surface area contributed by atoms with Crippen molar-refractivity contribution < 1.29 is 14.3 Å².